The zero-order chi connectivity index (χ0) is 20.0. The quantitative estimate of drug-likeness (QED) is 0.609. The van der Waals surface area contributed by atoms with Gasteiger partial charge in [-0.25, -0.2) is 0 Å². The van der Waals surface area contributed by atoms with Gasteiger partial charge in [0.2, 0.25) is 0 Å². The normalized spacial score (nSPS) is 11.6. The number of benzene rings is 2. The summed E-state index contributed by atoms with van der Waals surface area (Å²) in [5, 5.41) is 0. The molecular formula is C18H24O6S2. The van der Waals surface area contributed by atoms with Crippen LogP contribution in [0.2, 0.25) is 0 Å². The summed E-state index contributed by atoms with van der Waals surface area (Å²) in [6.07, 6.45) is 0.594. The van der Waals surface area contributed by atoms with Crippen molar-refractivity contribution in [1.82, 2.24) is 0 Å². The first-order valence-corrected chi connectivity index (χ1v) is 10.9. The highest BCUT2D eigenvalue weighted by atomic mass is 32.2. The molecule has 0 radical (unpaired) electrons. The van der Waals surface area contributed by atoms with E-state index in [0.29, 0.717) is 12.0 Å². The third kappa shape index (κ3) is 6.53. The van der Waals surface area contributed by atoms with E-state index < -0.39 is 20.2 Å². The summed E-state index contributed by atoms with van der Waals surface area (Å²) >= 11 is 0. The molecule has 0 saturated carbocycles. The molecule has 144 valence electrons. The molecule has 0 amide bonds. The van der Waals surface area contributed by atoms with E-state index >= 15 is 0 Å². The second kappa shape index (κ2) is 9.27. The van der Waals surface area contributed by atoms with Gasteiger partial charge in [-0.15, -0.1) is 0 Å². The van der Waals surface area contributed by atoms with Gasteiger partial charge >= 0.3 is 0 Å². The van der Waals surface area contributed by atoms with Crippen molar-refractivity contribution in [2.45, 2.75) is 43.9 Å². The van der Waals surface area contributed by atoms with Crippen LogP contribution in [0.1, 0.15) is 30.5 Å². The first kappa shape index (κ1) is 22.3. The second-order valence-corrected chi connectivity index (χ2v) is 8.62. The lowest BCUT2D eigenvalue weighted by molar-refractivity contribution is 0.338. The van der Waals surface area contributed by atoms with Gasteiger partial charge in [0.05, 0.1) is 16.4 Å². The van der Waals surface area contributed by atoms with Gasteiger partial charge in [0, 0.05) is 0 Å². The Kier molecular flexibility index (Phi) is 7.95. The monoisotopic (exact) mass is 400 g/mol. The maximum atomic E-state index is 11.3. The Balaban J connectivity index is 0.000000260. The number of rotatable bonds is 5. The van der Waals surface area contributed by atoms with Crippen LogP contribution in [0.5, 0.6) is 0 Å². The summed E-state index contributed by atoms with van der Waals surface area (Å²) in [5.41, 5.74) is 2.67. The highest BCUT2D eigenvalue weighted by Gasteiger charge is 2.14. The molecule has 0 atom stereocenters. The van der Waals surface area contributed by atoms with E-state index in [1.165, 1.54) is 6.07 Å². The Morgan fingerprint density at radius 3 is 1.88 bits per heavy atom. The smallest absolute Gasteiger partial charge is 0.282 e. The van der Waals surface area contributed by atoms with Gasteiger partial charge in [-0.3, -0.25) is 8.74 Å². The molecule has 0 bridgehead atoms. The third-order valence-electron chi connectivity index (χ3n) is 3.46. The molecule has 2 rings (SSSR count). The van der Waals surface area contributed by atoms with Crippen molar-refractivity contribution in [3.05, 3.63) is 59.2 Å². The van der Waals surface area contributed by atoms with Crippen molar-refractivity contribution in [3.8, 4) is 0 Å². The molecule has 0 fully saturated rings. The van der Waals surface area contributed by atoms with E-state index in [-0.39, 0.29) is 16.4 Å². The van der Waals surface area contributed by atoms with E-state index in [1.807, 2.05) is 20.8 Å². The molecule has 0 unspecified atom stereocenters. The predicted molar refractivity (Wildman–Crippen MR) is 100 cm³/mol. The Labute approximate surface area is 155 Å². The standard InChI is InChI=1S/2C9H12O3S/c1-3-12-13(10,11)9-6-4-8(2)5-7-9;1-3-8-6-7(2)4-5-9(8)13(10,11)12/h4-7H,3H2,1-2H3;4-6H,3H2,1-2H3,(H,10,11,12). The topological polar surface area (TPSA) is 97.7 Å². The Bertz CT molecular complexity index is 930. The lowest BCUT2D eigenvalue weighted by atomic mass is 10.1. The maximum absolute atomic E-state index is 11.3. The summed E-state index contributed by atoms with van der Waals surface area (Å²) in [6.45, 7) is 7.44. The third-order valence-corrected chi connectivity index (χ3v) is 5.81. The molecule has 0 aromatic heterocycles. The van der Waals surface area contributed by atoms with Crippen molar-refractivity contribution in [2.24, 2.45) is 0 Å². The fourth-order valence-electron chi connectivity index (χ4n) is 2.16. The first-order chi connectivity index (χ1) is 12.0. The van der Waals surface area contributed by atoms with Crippen LogP contribution in [-0.4, -0.2) is 28.0 Å². The molecule has 8 heteroatoms. The van der Waals surface area contributed by atoms with Crippen LogP contribution < -0.4 is 0 Å². The van der Waals surface area contributed by atoms with Crippen molar-refractivity contribution < 1.29 is 25.6 Å². The van der Waals surface area contributed by atoms with Gasteiger partial charge in [0.1, 0.15) is 0 Å². The average Bonchev–Trinajstić information content (AvgIpc) is 2.54. The average molecular weight is 401 g/mol. The van der Waals surface area contributed by atoms with Crippen LogP contribution in [0, 0.1) is 13.8 Å². The molecule has 0 aliphatic heterocycles. The zero-order valence-electron chi connectivity index (χ0n) is 15.3. The molecule has 0 aliphatic rings. The van der Waals surface area contributed by atoms with Gasteiger partial charge in [-0.2, -0.15) is 16.8 Å². The van der Waals surface area contributed by atoms with Crippen LogP contribution in [-0.2, 0) is 30.8 Å². The van der Waals surface area contributed by atoms with Gasteiger partial charge in [0.25, 0.3) is 20.2 Å². The van der Waals surface area contributed by atoms with Crippen molar-refractivity contribution in [3.63, 3.8) is 0 Å². The summed E-state index contributed by atoms with van der Waals surface area (Å²) in [6, 6.07) is 11.4. The Morgan fingerprint density at radius 2 is 1.42 bits per heavy atom. The van der Waals surface area contributed by atoms with Gasteiger partial charge in [-0.1, -0.05) is 42.3 Å². The molecule has 0 spiro atoms. The van der Waals surface area contributed by atoms with Crippen LogP contribution in [0.15, 0.2) is 52.3 Å². The van der Waals surface area contributed by atoms with Crippen molar-refractivity contribution in [1.29, 1.82) is 0 Å². The number of aryl methyl sites for hydroxylation is 3. The predicted octanol–water partition coefficient (Wildman–Crippen LogP) is 3.52. The number of hydrogen-bond donors (Lipinski definition) is 1. The van der Waals surface area contributed by atoms with Crippen molar-refractivity contribution in [2.75, 3.05) is 6.61 Å². The molecule has 0 saturated heterocycles. The van der Waals surface area contributed by atoms with E-state index in [4.69, 9.17) is 4.55 Å². The minimum Gasteiger partial charge on any atom is -0.282 e. The maximum Gasteiger partial charge on any atom is 0.296 e. The van der Waals surface area contributed by atoms with E-state index in [9.17, 15) is 16.8 Å². The lowest BCUT2D eigenvalue weighted by Gasteiger charge is -2.05. The van der Waals surface area contributed by atoms with Crippen LogP contribution in [0.4, 0.5) is 0 Å². The Hall–Kier alpha value is -1.74. The fraction of sp³-hybridized carbons (Fsp3) is 0.333. The van der Waals surface area contributed by atoms with Crippen LogP contribution in [0.3, 0.4) is 0 Å². The first-order valence-electron chi connectivity index (χ1n) is 8.04. The van der Waals surface area contributed by atoms with Gasteiger partial charge < -0.3 is 0 Å². The highest BCUT2D eigenvalue weighted by Crippen LogP contribution is 2.17. The molecule has 0 heterocycles. The summed E-state index contributed by atoms with van der Waals surface area (Å²) in [4.78, 5) is 0.223. The van der Waals surface area contributed by atoms with E-state index in [0.717, 1.165) is 11.1 Å². The van der Waals surface area contributed by atoms with Crippen LogP contribution in [0.25, 0.3) is 0 Å². The van der Waals surface area contributed by atoms with Gasteiger partial charge in [0.15, 0.2) is 0 Å². The molecule has 6 nitrogen and oxygen atoms in total. The largest absolute Gasteiger partial charge is 0.296 e. The highest BCUT2D eigenvalue weighted by molar-refractivity contribution is 7.86. The van der Waals surface area contributed by atoms with Gasteiger partial charge in [-0.05, 0) is 51.0 Å². The second-order valence-electron chi connectivity index (χ2n) is 5.61. The molecule has 2 aromatic rings. The zero-order valence-corrected chi connectivity index (χ0v) is 16.9. The van der Waals surface area contributed by atoms with E-state index in [2.05, 4.69) is 4.18 Å². The lowest BCUT2D eigenvalue weighted by Crippen LogP contribution is -2.05. The number of hydrogen-bond acceptors (Lipinski definition) is 5. The van der Waals surface area contributed by atoms with Crippen LogP contribution >= 0.6 is 0 Å². The molecular weight excluding hydrogens is 376 g/mol. The fourth-order valence-corrected chi connectivity index (χ4v) is 3.85. The minimum absolute atomic E-state index is 0.0144. The SMILES string of the molecule is CCOS(=O)(=O)c1ccc(C)cc1.CCc1cc(C)ccc1S(=O)(=O)O. The summed E-state index contributed by atoms with van der Waals surface area (Å²) in [5.74, 6) is 0. The van der Waals surface area contributed by atoms with E-state index in [1.54, 1.807) is 43.3 Å². The summed E-state index contributed by atoms with van der Waals surface area (Å²) < 4.78 is 57.9. The molecule has 0 aliphatic carbocycles. The molecule has 26 heavy (non-hydrogen) atoms. The summed E-state index contributed by atoms with van der Waals surface area (Å²) in [7, 11) is -7.59. The minimum atomic E-state index is -4.06. The molecule has 1 N–H and O–H groups in total. The molecule has 2 aromatic carbocycles. The van der Waals surface area contributed by atoms with Crippen molar-refractivity contribution >= 4 is 20.2 Å². The Morgan fingerprint density at radius 1 is 0.885 bits per heavy atom.